The molecule has 1 aromatic carbocycles. The second-order valence-corrected chi connectivity index (χ2v) is 8.90. The van der Waals surface area contributed by atoms with E-state index in [-0.39, 0.29) is 23.8 Å². The third-order valence-electron chi connectivity index (χ3n) is 6.70. The minimum Gasteiger partial charge on any atom is -0.494 e. The Kier molecular flexibility index (Phi) is 5.46. The molecule has 0 saturated heterocycles. The number of aliphatic hydroxyl groups is 1. The molecule has 2 aliphatic carbocycles. The van der Waals surface area contributed by atoms with Crippen LogP contribution < -0.4 is 15.6 Å². The molecule has 5 rings (SSSR count). The average Bonchev–Trinajstić information content (AvgIpc) is 3.57. The highest BCUT2D eigenvalue weighted by molar-refractivity contribution is 6.06. The summed E-state index contributed by atoms with van der Waals surface area (Å²) in [5, 5.41) is 17.9. The van der Waals surface area contributed by atoms with Gasteiger partial charge in [-0.3, -0.25) is 14.3 Å². The minimum atomic E-state index is -0.447. The van der Waals surface area contributed by atoms with Crippen molar-refractivity contribution in [1.29, 1.82) is 0 Å². The molecule has 168 valence electrons. The molecule has 2 aliphatic rings. The van der Waals surface area contributed by atoms with E-state index in [1.54, 1.807) is 30.0 Å². The molecule has 1 amide bonds. The monoisotopic (exact) mass is 436 g/mol. The Balaban J connectivity index is 1.41. The number of nitrogens with zero attached hydrogens (tertiary/aromatic N) is 3. The summed E-state index contributed by atoms with van der Waals surface area (Å²) in [4.78, 5) is 25.6. The van der Waals surface area contributed by atoms with Crippen LogP contribution in [0, 0.1) is 5.92 Å². The first-order valence-electron chi connectivity index (χ1n) is 11.3. The van der Waals surface area contributed by atoms with E-state index in [9.17, 15) is 14.7 Å². The largest absolute Gasteiger partial charge is 0.494 e. The maximum Gasteiger partial charge on any atom is 0.263 e. The molecule has 32 heavy (non-hydrogen) atoms. The summed E-state index contributed by atoms with van der Waals surface area (Å²) >= 11 is 0. The van der Waals surface area contributed by atoms with Gasteiger partial charge in [0.25, 0.3) is 11.5 Å². The molecule has 0 radical (unpaired) electrons. The molecule has 2 heterocycles. The van der Waals surface area contributed by atoms with E-state index in [2.05, 4.69) is 5.32 Å². The zero-order valence-electron chi connectivity index (χ0n) is 18.2. The van der Waals surface area contributed by atoms with E-state index in [1.807, 2.05) is 23.0 Å². The average molecular weight is 437 g/mol. The number of amides is 1. The van der Waals surface area contributed by atoms with Gasteiger partial charge in [-0.25, -0.2) is 0 Å². The molecule has 2 saturated carbocycles. The van der Waals surface area contributed by atoms with E-state index >= 15 is 0 Å². The zero-order valence-corrected chi connectivity index (χ0v) is 18.2. The summed E-state index contributed by atoms with van der Waals surface area (Å²) in [5.41, 5.74) is 1.16. The standard InChI is InChI=1S/C24H28N4O4/c1-32-22-12-20-16(13-28(26-20)18-6-4-15(14-29)5-7-18)11-21(22)25-23(30)19-3-2-10-27(24(19)31)17-8-9-17/h2-3,10-13,15,17-18,29H,4-9,14H2,1H3,(H,25,30)/t15-,18-. The molecule has 0 spiro atoms. The van der Waals surface area contributed by atoms with Crippen LogP contribution in [0.1, 0.15) is 61.0 Å². The van der Waals surface area contributed by atoms with Crippen LogP contribution in [0.15, 0.2) is 41.5 Å². The third-order valence-corrected chi connectivity index (χ3v) is 6.70. The van der Waals surface area contributed by atoms with Crippen LogP contribution >= 0.6 is 0 Å². The van der Waals surface area contributed by atoms with Crippen LogP contribution in [0.5, 0.6) is 5.75 Å². The summed E-state index contributed by atoms with van der Waals surface area (Å²) in [6.07, 6.45) is 9.66. The molecule has 0 unspecified atom stereocenters. The molecule has 8 nitrogen and oxygen atoms in total. The summed E-state index contributed by atoms with van der Waals surface area (Å²) < 4.78 is 9.14. The fourth-order valence-corrected chi connectivity index (χ4v) is 4.63. The highest BCUT2D eigenvalue weighted by Gasteiger charge is 2.26. The number of fused-ring (bicyclic) bond motifs is 1. The number of methoxy groups -OCH3 is 1. The van der Waals surface area contributed by atoms with Crippen LogP contribution in [0.4, 0.5) is 5.69 Å². The van der Waals surface area contributed by atoms with Gasteiger partial charge in [0.05, 0.1) is 24.4 Å². The van der Waals surface area contributed by atoms with Gasteiger partial charge in [-0.2, -0.15) is 5.10 Å². The number of hydrogen-bond acceptors (Lipinski definition) is 5. The fourth-order valence-electron chi connectivity index (χ4n) is 4.63. The Morgan fingerprint density at radius 3 is 2.62 bits per heavy atom. The highest BCUT2D eigenvalue weighted by Crippen LogP contribution is 2.35. The van der Waals surface area contributed by atoms with Gasteiger partial charge in [-0.15, -0.1) is 0 Å². The molecule has 0 bridgehead atoms. The number of carbonyl (C=O) groups excluding carboxylic acids is 1. The van der Waals surface area contributed by atoms with E-state index in [0.717, 1.165) is 49.4 Å². The van der Waals surface area contributed by atoms with Crippen LogP contribution in [-0.4, -0.2) is 39.1 Å². The van der Waals surface area contributed by atoms with Crippen molar-refractivity contribution < 1.29 is 14.6 Å². The summed E-state index contributed by atoms with van der Waals surface area (Å²) in [6.45, 7) is 0.251. The third kappa shape index (κ3) is 3.90. The number of benzene rings is 1. The molecule has 2 aromatic heterocycles. The maximum atomic E-state index is 12.9. The zero-order chi connectivity index (χ0) is 22.2. The van der Waals surface area contributed by atoms with Gasteiger partial charge in [-0.05, 0) is 62.6 Å². The number of anilines is 1. The lowest BCUT2D eigenvalue weighted by Crippen LogP contribution is -2.28. The van der Waals surface area contributed by atoms with Gasteiger partial charge in [-0.1, -0.05) is 0 Å². The van der Waals surface area contributed by atoms with Crippen molar-refractivity contribution in [3.05, 3.63) is 52.6 Å². The van der Waals surface area contributed by atoms with Crippen molar-refractivity contribution in [2.75, 3.05) is 19.0 Å². The molecular weight excluding hydrogens is 408 g/mol. The van der Waals surface area contributed by atoms with Crippen molar-refractivity contribution in [1.82, 2.24) is 14.3 Å². The molecule has 0 atom stereocenters. The van der Waals surface area contributed by atoms with Crippen molar-refractivity contribution in [2.24, 2.45) is 5.92 Å². The van der Waals surface area contributed by atoms with Crippen molar-refractivity contribution >= 4 is 22.5 Å². The number of ether oxygens (including phenoxy) is 1. The van der Waals surface area contributed by atoms with Gasteiger partial charge in [0.1, 0.15) is 11.3 Å². The van der Waals surface area contributed by atoms with Crippen LogP contribution in [0.3, 0.4) is 0 Å². The van der Waals surface area contributed by atoms with Crippen molar-refractivity contribution in [3.63, 3.8) is 0 Å². The van der Waals surface area contributed by atoms with Crippen LogP contribution in [-0.2, 0) is 0 Å². The van der Waals surface area contributed by atoms with E-state index in [0.29, 0.717) is 23.4 Å². The van der Waals surface area contributed by atoms with Gasteiger partial charge in [0.15, 0.2) is 0 Å². The lowest BCUT2D eigenvalue weighted by molar-refractivity contribution is 0.102. The predicted octanol–water partition coefficient (Wildman–Crippen LogP) is 3.52. The lowest BCUT2D eigenvalue weighted by Gasteiger charge is -2.27. The minimum absolute atomic E-state index is 0.123. The molecule has 0 aliphatic heterocycles. The summed E-state index contributed by atoms with van der Waals surface area (Å²) in [6, 6.07) is 7.47. The second-order valence-electron chi connectivity index (χ2n) is 8.90. The summed E-state index contributed by atoms with van der Waals surface area (Å²) in [5.74, 6) is 0.441. The van der Waals surface area contributed by atoms with E-state index in [1.165, 1.54) is 0 Å². The number of hydrogen-bond donors (Lipinski definition) is 2. The Hall–Kier alpha value is -3.13. The first-order valence-corrected chi connectivity index (χ1v) is 11.3. The number of carbonyl (C=O) groups is 1. The van der Waals surface area contributed by atoms with Crippen LogP contribution in [0.25, 0.3) is 10.9 Å². The predicted molar refractivity (Wildman–Crippen MR) is 121 cm³/mol. The normalized spacial score (nSPS) is 20.9. The quantitative estimate of drug-likeness (QED) is 0.616. The highest BCUT2D eigenvalue weighted by atomic mass is 16.5. The Morgan fingerprint density at radius 2 is 1.94 bits per heavy atom. The van der Waals surface area contributed by atoms with Crippen molar-refractivity contribution in [3.8, 4) is 5.75 Å². The maximum absolute atomic E-state index is 12.9. The van der Waals surface area contributed by atoms with Gasteiger partial charge in [0, 0.05) is 36.5 Å². The number of rotatable bonds is 6. The first-order chi connectivity index (χ1) is 15.6. The van der Waals surface area contributed by atoms with Gasteiger partial charge in [0.2, 0.25) is 0 Å². The van der Waals surface area contributed by atoms with E-state index < -0.39 is 5.91 Å². The Morgan fingerprint density at radius 1 is 1.19 bits per heavy atom. The lowest BCUT2D eigenvalue weighted by atomic mass is 9.87. The number of aromatic nitrogens is 3. The van der Waals surface area contributed by atoms with E-state index in [4.69, 9.17) is 9.84 Å². The molecule has 2 fully saturated rings. The molecule has 2 N–H and O–H groups in total. The van der Waals surface area contributed by atoms with Gasteiger partial charge < -0.3 is 19.7 Å². The molecule has 3 aromatic rings. The van der Waals surface area contributed by atoms with Gasteiger partial charge >= 0.3 is 0 Å². The van der Waals surface area contributed by atoms with Crippen molar-refractivity contribution in [2.45, 2.75) is 50.6 Å². The molecular formula is C24H28N4O4. The number of pyridine rings is 1. The Bertz CT molecular complexity index is 1200. The summed E-state index contributed by atoms with van der Waals surface area (Å²) in [7, 11) is 1.55. The fraction of sp³-hybridized carbons (Fsp3) is 0.458. The molecule has 8 heteroatoms. The second kappa shape index (κ2) is 8.43. The SMILES string of the molecule is COc1cc2nn([C@H]3CC[C@H](CO)CC3)cc2cc1NC(=O)c1cccn(C2CC2)c1=O. The topological polar surface area (TPSA) is 98.4 Å². The Labute approximate surface area is 185 Å². The number of nitrogens with one attached hydrogen (secondary N) is 1. The van der Waals surface area contributed by atoms with Crippen LogP contribution in [0.2, 0.25) is 0 Å². The first kappa shape index (κ1) is 20.8. The smallest absolute Gasteiger partial charge is 0.263 e. The number of aliphatic hydroxyl groups excluding tert-OH is 1.